The molecular formula is C8H10Cl2O2. The minimum Gasteiger partial charge on any atom is -0.481 e. The fourth-order valence-electron chi connectivity index (χ4n) is 1.52. The number of hydrogen-bond acceptors (Lipinski definition) is 1. The molecule has 0 aromatic rings. The lowest BCUT2D eigenvalue weighted by Gasteiger charge is -2.02. The summed E-state index contributed by atoms with van der Waals surface area (Å²) in [5.74, 6) is -0.517. The number of carboxylic acid groups (broad SMARTS) is 1. The van der Waals surface area contributed by atoms with Crippen molar-refractivity contribution in [3.63, 3.8) is 0 Å². The van der Waals surface area contributed by atoms with Crippen LogP contribution in [0.5, 0.6) is 0 Å². The quantitative estimate of drug-likeness (QED) is 0.758. The molecule has 0 spiro atoms. The second-order valence-corrected chi connectivity index (χ2v) is 4.02. The van der Waals surface area contributed by atoms with Gasteiger partial charge in [-0.1, -0.05) is 23.2 Å². The highest BCUT2D eigenvalue weighted by molar-refractivity contribution is 6.56. The predicted molar refractivity (Wildman–Crippen MR) is 48.3 cm³/mol. The van der Waals surface area contributed by atoms with Gasteiger partial charge in [0, 0.05) is 6.42 Å². The molecule has 1 N–H and O–H groups in total. The van der Waals surface area contributed by atoms with Crippen LogP contribution in [0.1, 0.15) is 25.7 Å². The van der Waals surface area contributed by atoms with E-state index in [9.17, 15) is 4.79 Å². The van der Waals surface area contributed by atoms with Gasteiger partial charge in [0.05, 0.1) is 0 Å². The fraction of sp³-hybridized carbons (Fsp3) is 0.625. The molecule has 0 aromatic heterocycles. The Bertz CT molecular complexity index is 219. The van der Waals surface area contributed by atoms with E-state index in [2.05, 4.69) is 0 Å². The van der Waals surface area contributed by atoms with Crippen molar-refractivity contribution in [3.05, 3.63) is 10.1 Å². The van der Waals surface area contributed by atoms with Crippen LogP contribution in [-0.4, -0.2) is 11.1 Å². The maximum atomic E-state index is 10.3. The predicted octanol–water partition coefficient (Wildman–Crippen LogP) is 2.95. The second kappa shape index (κ2) is 4.15. The average molecular weight is 209 g/mol. The van der Waals surface area contributed by atoms with E-state index in [0.717, 1.165) is 24.8 Å². The minimum absolute atomic E-state index is 0.227. The first kappa shape index (κ1) is 9.87. The van der Waals surface area contributed by atoms with E-state index in [1.807, 2.05) is 0 Å². The lowest BCUT2D eigenvalue weighted by atomic mass is 10.0. The van der Waals surface area contributed by atoms with Crippen LogP contribution in [0, 0.1) is 5.92 Å². The van der Waals surface area contributed by atoms with E-state index < -0.39 is 5.97 Å². The lowest BCUT2D eigenvalue weighted by Crippen LogP contribution is -2.03. The second-order valence-electron chi connectivity index (χ2n) is 3.07. The topological polar surface area (TPSA) is 37.3 Å². The molecule has 1 rings (SSSR count). The van der Waals surface area contributed by atoms with Crippen LogP contribution in [0.3, 0.4) is 0 Å². The number of hydrogen-bond donors (Lipinski definition) is 1. The maximum absolute atomic E-state index is 10.3. The maximum Gasteiger partial charge on any atom is 0.303 e. The summed E-state index contributed by atoms with van der Waals surface area (Å²) in [5, 5.41) is 8.52. The molecule has 68 valence electrons. The third-order valence-electron chi connectivity index (χ3n) is 2.12. The lowest BCUT2D eigenvalue weighted by molar-refractivity contribution is -0.138. The Kier molecular flexibility index (Phi) is 3.41. The van der Waals surface area contributed by atoms with Crippen LogP contribution in [-0.2, 0) is 4.79 Å². The molecule has 12 heavy (non-hydrogen) atoms. The van der Waals surface area contributed by atoms with Gasteiger partial charge in [-0.2, -0.15) is 0 Å². The summed E-state index contributed by atoms with van der Waals surface area (Å²) in [5.41, 5.74) is 1.00. The molecule has 0 bridgehead atoms. The van der Waals surface area contributed by atoms with E-state index in [1.54, 1.807) is 0 Å². The van der Waals surface area contributed by atoms with Gasteiger partial charge < -0.3 is 5.11 Å². The summed E-state index contributed by atoms with van der Waals surface area (Å²) in [7, 11) is 0. The molecular weight excluding hydrogens is 199 g/mol. The molecule has 0 heterocycles. The van der Waals surface area contributed by atoms with Crippen molar-refractivity contribution in [2.75, 3.05) is 0 Å². The third kappa shape index (κ3) is 2.68. The molecule has 0 aliphatic heterocycles. The van der Waals surface area contributed by atoms with Crippen LogP contribution in [0.15, 0.2) is 10.1 Å². The standard InChI is InChI=1S/C8H10Cl2O2/c9-8(10)6-2-1-5(3-6)4-7(11)12/h5H,1-4H2,(H,11,12)/t5-/m1/s1. The van der Waals surface area contributed by atoms with Crippen molar-refractivity contribution in [2.24, 2.45) is 5.92 Å². The van der Waals surface area contributed by atoms with E-state index in [4.69, 9.17) is 28.3 Å². The Hall–Kier alpha value is -0.210. The molecule has 0 unspecified atom stereocenters. The van der Waals surface area contributed by atoms with Gasteiger partial charge in [0.1, 0.15) is 4.49 Å². The summed E-state index contributed by atoms with van der Waals surface area (Å²) < 4.78 is 0.322. The first-order valence-electron chi connectivity index (χ1n) is 3.84. The van der Waals surface area contributed by atoms with Gasteiger partial charge in [-0.3, -0.25) is 4.79 Å². The molecule has 0 aromatic carbocycles. The van der Waals surface area contributed by atoms with Gasteiger partial charge in [0.15, 0.2) is 0 Å². The molecule has 1 aliphatic carbocycles. The zero-order chi connectivity index (χ0) is 9.14. The van der Waals surface area contributed by atoms with Crippen LogP contribution >= 0.6 is 23.2 Å². The molecule has 0 amide bonds. The van der Waals surface area contributed by atoms with Gasteiger partial charge in [0.2, 0.25) is 0 Å². The summed E-state index contributed by atoms with van der Waals surface area (Å²) in [4.78, 5) is 10.3. The number of aliphatic carboxylic acids is 1. The summed E-state index contributed by atoms with van der Waals surface area (Å²) in [6.45, 7) is 0. The number of rotatable bonds is 2. The average Bonchev–Trinajstić information content (AvgIpc) is 2.34. The largest absolute Gasteiger partial charge is 0.481 e. The van der Waals surface area contributed by atoms with E-state index >= 15 is 0 Å². The van der Waals surface area contributed by atoms with Gasteiger partial charge in [-0.05, 0) is 30.8 Å². The third-order valence-corrected chi connectivity index (χ3v) is 2.65. The van der Waals surface area contributed by atoms with E-state index in [0.29, 0.717) is 4.49 Å². The molecule has 1 aliphatic rings. The molecule has 1 saturated carbocycles. The molecule has 4 heteroatoms. The molecule has 2 nitrogen and oxygen atoms in total. The van der Waals surface area contributed by atoms with Crippen molar-refractivity contribution < 1.29 is 9.90 Å². The fourth-order valence-corrected chi connectivity index (χ4v) is 1.87. The minimum atomic E-state index is -0.744. The first-order valence-corrected chi connectivity index (χ1v) is 4.60. The highest BCUT2D eigenvalue weighted by Crippen LogP contribution is 2.36. The number of halogens is 2. The Labute approximate surface area is 81.2 Å². The highest BCUT2D eigenvalue weighted by atomic mass is 35.5. The van der Waals surface area contributed by atoms with Crippen molar-refractivity contribution in [2.45, 2.75) is 25.7 Å². The van der Waals surface area contributed by atoms with Gasteiger partial charge >= 0.3 is 5.97 Å². The van der Waals surface area contributed by atoms with Crippen molar-refractivity contribution >= 4 is 29.2 Å². The summed E-state index contributed by atoms with van der Waals surface area (Å²) in [6, 6.07) is 0. The van der Waals surface area contributed by atoms with E-state index in [1.165, 1.54) is 0 Å². The monoisotopic (exact) mass is 208 g/mol. The normalized spacial score (nSPS) is 22.8. The Morgan fingerprint density at radius 1 is 1.58 bits per heavy atom. The zero-order valence-electron chi connectivity index (χ0n) is 6.52. The van der Waals surface area contributed by atoms with Gasteiger partial charge in [-0.15, -0.1) is 0 Å². The summed E-state index contributed by atoms with van der Waals surface area (Å²) in [6.07, 6.45) is 2.71. The Balaban J connectivity index is 2.46. The Morgan fingerprint density at radius 3 is 2.67 bits per heavy atom. The van der Waals surface area contributed by atoms with Crippen molar-refractivity contribution in [1.82, 2.24) is 0 Å². The molecule has 0 radical (unpaired) electrons. The van der Waals surface area contributed by atoms with Crippen LogP contribution in [0.2, 0.25) is 0 Å². The number of carbonyl (C=O) groups is 1. The van der Waals surface area contributed by atoms with Crippen molar-refractivity contribution in [3.8, 4) is 0 Å². The number of carboxylic acids is 1. The van der Waals surface area contributed by atoms with Gasteiger partial charge in [0.25, 0.3) is 0 Å². The van der Waals surface area contributed by atoms with Crippen LogP contribution in [0.25, 0.3) is 0 Å². The van der Waals surface area contributed by atoms with E-state index in [-0.39, 0.29) is 12.3 Å². The summed E-state index contributed by atoms with van der Waals surface area (Å²) >= 11 is 11.2. The van der Waals surface area contributed by atoms with Crippen LogP contribution < -0.4 is 0 Å². The smallest absolute Gasteiger partial charge is 0.303 e. The van der Waals surface area contributed by atoms with Gasteiger partial charge in [-0.25, -0.2) is 0 Å². The SMILES string of the molecule is O=C(O)C[C@@H]1CCC(=C(Cl)Cl)C1. The molecule has 0 saturated heterocycles. The number of allylic oxidation sites excluding steroid dienone is 1. The molecule has 1 atom stereocenters. The molecule has 1 fully saturated rings. The van der Waals surface area contributed by atoms with Crippen molar-refractivity contribution in [1.29, 1.82) is 0 Å². The highest BCUT2D eigenvalue weighted by Gasteiger charge is 2.23. The first-order chi connectivity index (χ1) is 5.59. The Morgan fingerprint density at radius 2 is 2.25 bits per heavy atom. The van der Waals surface area contributed by atoms with Crippen LogP contribution in [0.4, 0.5) is 0 Å². The zero-order valence-corrected chi connectivity index (χ0v) is 8.03.